The number of hydrogen-bond acceptors (Lipinski definition) is 2. The third kappa shape index (κ3) is 2.48. The number of hydrogen-bond donors (Lipinski definition) is 1. The Balaban J connectivity index is 0.00000169. The van der Waals surface area contributed by atoms with Crippen molar-refractivity contribution in [3.63, 3.8) is 0 Å². The first-order chi connectivity index (χ1) is 5.57. The second-order valence-corrected chi connectivity index (χ2v) is 6.45. The molecule has 1 aliphatic rings. The van der Waals surface area contributed by atoms with Gasteiger partial charge in [0.05, 0.1) is 0 Å². The number of rotatable bonds is 0. The lowest BCUT2D eigenvalue weighted by Gasteiger charge is -2.54. The molecule has 2 nitrogen and oxygen atoms in total. The van der Waals surface area contributed by atoms with E-state index in [1.165, 1.54) is 5.06 Å². The summed E-state index contributed by atoms with van der Waals surface area (Å²) in [5.74, 6) is 0. The van der Waals surface area contributed by atoms with E-state index in [-0.39, 0.29) is 18.5 Å². The highest BCUT2D eigenvalue weighted by atomic mass is 16.5. The molecule has 0 radical (unpaired) electrons. The zero-order chi connectivity index (χ0) is 10.5. The van der Waals surface area contributed by atoms with Crippen LogP contribution in [0.5, 0.6) is 0 Å². The van der Waals surface area contributed by atoms with Gasteiger partial charge in [-0.15, -0.1) is 0 Å². The van der Waals surface area contributed by atoms with E-state index in [9.17, 15) is 5.21 Å². The van der Waals surface area contributed by atoms with E-state index < -0.39 is 0 Å². The Morgan fingerprint density at radius 2 is 1.14 bits per heavy atom. The minimum atomic E-state index is -0.106. The van der Waals surface area contributed by atoms with Gasteiger partial charge in [-0.1, -0.05) is 21.3 Å². The molecule has 2 heteroatoms. The summed E-state index contributed by atoms with van der Waals surface area (Å²) in [5, 5.41) is 11.6. The molecule has 0 atom stereocenters. The Morgan fingerprint density at radius 3 is 1.43 bits per heavy atom. The van der Waals surface area contributed by atoms with Gasteiger partial charge in [-0.25, -0.2) is 0 Å². The minimum absolute atomic E-state index is 0. The Kier molecular flexibility index (Phi) is 3.47. The zero-order valence-electron chi connectivity index (χ0n) is 9.81. The number of nitrogens with zero attached hydrogens (tertiary/aromatic N) is 1. The van der Waals surface area contributed by atoms with Crippen molar-refractivity contribution in [2.24, 2.45) is 5.41 Å². The zero-order valence-corrected chi connectivity index (χ0v) is 9.81. The van der Waals surface area contributed by atoms with E-state index in [2.05, 4.69) is 41.5 Å². The Morgan fingerprint density at radius 1 is 0.857 bits per heavy atom. The molecule has 1 aliphatic heterocycles. The van der Waals surface area contributed by atoms with Gasteiger partial charge in [-0.3, -0.25) is 0 Å². The van der Waals surface area contributed by atoms with E-state index in [1.807, 2.05) is 0 Å². The molecule has 0 spiro atoms. The Bertz CT molecular complexity index is 186. The van der Waals surface area contributed by atoms with Crippen LogP contribution in [0.2, 0.25) is 0 Å². The first kappa shape index (κ1) is 13.9. The van der Waals surface area contributed by atoms with Gasteiger partial charge in [-0.05, 0) is 46.0 Å². The molecule has 0 amide bonds. The third-order valence-electron chi connectivity index (χ3n) is 2.97. The fourth-order valence-electron chi connectivity index (χ4n) is 3.37. The van der Waals surface area contributed by atoms with Crippen LogP contribution in [0.4, 0.5) is 0 Å². The summed E-state index contributed by atoms with van der Waals surface area (Å²) in [6, 6.07) is 0. The van der Waals surface area contributed by atoms with Crippen LogP contribution in [0.1, 0.15) is 61.8 Å². The van der Waals surface area contributed by atoms with Crippen molar-refractivity contribution in [1.29, 1.82) is 0 Å². The molecule has 0 unspecified atom stereocenters. The second kappa shape index (κ2) is 3.49. The van der Waals surface area contributed by atoms with Crippen molar-refractivity contribution in [3.05, 3.63) is 0 Å². The average Bonchev–Trinajstić information content (AvgIpc) is 1.77. The average molecular weight is 201 g/mol. The summed E-state index contributed by atoms with van der Waals surface area (Å²) in [5.41, 5.74) is 0.114. The highest BCUT2D eigenvalue weighted by Crippen LogP contribution is 2.46. The lowest BCUT2D eigenvalue weighted by atomic mass is 9.67. The topological polar surface area (TPSA) is 23.5 Å². The summed E-state index contributed by atoms with van der Waals surface area (Å²) < 4.78 is 0. The largest absolute Gasteiger partial charge is 0.313 e. The van der Waals surface area contributed by atoms with Gasteiger partial charge in [0.2, 0.25) is 0 Å². The quantitative estimate of drug-likeness (QED) is 0.646. The second-order valence-electron chi connectivity index (χ2n) is 6.45. The standard InChI is InChI=1S/C11H23NO.CH4/c1-9(2)7-10(3,4)12(13)11(5,6)8-9;/h13H,7-8H2,1-6H3;1H4. The maximum atomic E-state index is 10.0. The maximum absolute atomic E-state index is 10.0. The van der Waals surface area contributed by atoms with Crippen LogP contribution in [0.25, 0.3) is 0 Å². The van der Waals surface area contributed by atoms with E-state index >= 15 is 0 Å². The molecule has 0 saturated carbocycles. The van der Waals surface area contributed by atoms with Crippen LogP contribution in [0.3, 0.4) is 0 Å². The molecule has 14 heavy (non-hydrogen) atoms. The van der Waals surface area contributed by atoms with Gasteiger partial charge >= 0.3 is 0 Å². The summed E-state index contributed by atoms with van der Waals surface area (Å²) in [6.07, 6.45) is 2.08. The molecule has 0 aromatic carbocycles. The van der Waals surface area contributed by atoms with Crippen LogP contribution in [-0.2, 0) is 0 Å². The van der Waals surface area contributed by atoms with Crippen molar-refractivity contribution in [3.8, 4) is 0 Å². The predicted molar refractivity (Wildman–Crippen MR) is 61.5 cm³/mol. The van der Waals surface area contributed by atoms with Crippen LogP contribution in [0, 0.1) is 5.41 Å². The van der Waals surface area contributed by atoms with E-state index in [1.54, 1.807) is 0 Å². The molecular formula is C12H27NO. The molecule has 86 valence electrons. The molecule has 1 fully saturated rings. The predicted octanol–water partition coefficient (Wildman–Crippen LogP) is 3.69. The van der Waals surface area contributed by atoms with Gasteiger partial charge in [-0.2, -0.15) is 5.06 Å². The Labute approximate surface area is 89.3 Å². The number of piperidine rings is 1. The first-order valence-electron chi connectivity index (χ1n) is 5.06. The molecule has 1 N–H and O–H groups in total. The monoisotopic (exact) mass is 201 g/mol. The molecule has 0 bridgehead atoms. The van der Waals surface area contributed by atoms with Crippen molar-refractivity contribution >= 4 is 0 Å². The number of hydroxylamine groups is 2. The lowest BCUT2D eigenvalue weighted by molar-refractivity contribution is -0.260. The molecular weight excluding hydrogens is 174 g/mol. The van der Waals surface area contributed by atoms with E-state index in [0.717, 1.165) is 12.8 Å². The SMILES string of the molecule is C.CC1(C)CC(C)(C)N(O)C(C)(C)C1. The summed E-state index contributed by atoms with van der Waals surface area (Å²) in [7, 11) is 0. The molecule has 1 saturated heterocycles. The summed E-state index contributed by atoms with van der Waals surface area (Å²) in [6.45, 7) is 13.0. The highest BCUT2D eigenvalue weighted by molar-refractivity contribution is 4.99. The highest BCUT2D eigenvalue weighted by Gasteiger charge is 2.47. The van der Waals surface area contributed by atoms with Gasteiger partial charge in [0, 0.05) is 11.1 Å². The van der Waals surface area contributed by atoms with Crippen molar-refractivity contribution in [2.45, 2.75) is 72.9 Å². The fraction of sp³-hybridized carbons (Fsp3) is 1.00. The van der Waals surface area contributed by atoms with Crippen LogP contribution < -0.4 is 0 Å². The minimum Gasteiger partial charge on any atom is -0.313 e. The molecule has 0 aromatic rings. The molecule has 1 heterocycles. The van der Waals surface area contributed by atoms with Crippen LogP contribution in [0.15, 0.2) is 0 Å². The summed E-state index contributed by atoms with van der Waals surface area (Å²) >= 11 is 0. The smallest absolute Gasteiger partial charge is 0.0415 e. The first-order valence-corrected chi connectivity index (χ1v) is 5.06. The van der Waals surface area contributed by atoms with Gasteiger partial charge in [0.15, 0.2) is 0 Å². The Hall–Kier alpha value is -0.0800. The van der Waals surface area contributed by atoms with E-state index in [0.29, 0.717) is 5.41 Å². The third-order valence-corrected chi connectivity index (χ3v) is 2.97. The normalized spacial score (nSPS) is 29.4. The fourth-order valence-corrected chi connectivity index (χ4v) is 3.37. The summed E-state index contributed by atoms with van der Waals surface area (Å²) in [4.78, 5) is 0. The molecule has 1 rings (SSSR count). The van der Waals surface area contributed by atoms with Crippen molar-refractivity contribution in [2.75, 3.05) is 0 Å². The van der Waals surface area contributed by atoms with Crippen LogP contribution >= 0.6 is 0 Å². The van der Waals surface area contributed by atoms with Gasteiger partial charge < -0.3 is 5.21 Å². The van der Waals surface area contributed by atoms with Gasteiger partial charge in [0.1, 0.15) is 0 Å². The van der Waals surface area contributed by atoms with Crippen LogP contribution in [-0.4, -0.2) is 21.3 Å². The van der Waals surface area contributed by atoms with Gasteiger partial charge in [0.25, 0.3) is 0 Å². The van der Waals surface area contributed by atoms with E-state index in [4.69, 9.17) is 0 Å². The molecule has 0 aliphatic carbocycles. The molecule has 0 aromatic heterocycles. The maximum Gasteiger partial charge on any atom is 0.0415 e. The van der Waals surface area contributed by atoms with Crippen molar-refractivity contribution < 1.29 is 5.21 Å². The lowest BCUT2D eigenvalue weighted by Crippen LogP contribution is -2.60. The van der Waals surface area contributed by atoms with Crippen molar-refractivity contribution in [1.82, 2.24) is 5.06 Å².